The largest absolute Gasteiger partial charge is 0.756 e. The number of phosphoric acid groups is 1. The summed E-state index contributed by atoms with van der Waals surface area (Å²) in [7, 11) is 1.28. The monoisotopic (exact) mass is 1060 g/mol. The Balaban J connectivity index is 3.98. The van der Waals surface area contributed by atoms with Gasteiger partial charge in [-0.25, -0.2) is 0 Å². The lowest BCUT2D eigenvalue weighted by atomic mass is 10.0. The second kappa shape index (κ2) is 56.4. The summed E-state index contributed by atoms with van der Waals surface area (Å²) in [6.45, 7) is 4.68. The normalized spacial score (nSPS) is 14.0. The Hall–Kier alpha value is -1.28. The van der Waals surface area contributed by atoms with E-state index in [0.717, 1.165) is 44.9 Å². The standard InChI is InChI=1S/C65H127N2O6P/c1-6-8-10-12-14-16-18-20-22-24-25-26-27-28-29-30-31-32-33-34-35-36-37-38-39-40-41-43-45-47-49-51-53-55-57-59-65(69)66-63(62-73-74(70,71)72-61-60-67(3,4)5)64(68)58-56-54-52-50-48-46-44-42-23-21-19-17-15-13-11-9-7-2/h18,20,24-25,56,58,63-64,68H,6-17,19,21-23,26-55,57,59-62H2,1-5H3,(H-,66,69,70,71)/b20-18-,25-24-,58-56+. The van der Waals surface area contributed by atoms with Gasteiger partial charge in [0.05, 0.1) is 39.9 Å². The number of rotatable bonds is 60. The molecule has 0 saturated heterocycles. The smallest absolute Gasteiger partial charge is 0.268 e. The summed E-state index contributed by atoms with van der Waals surface area (Å²) in [5, 5.41) is 13.9. The average Bonchev–Trinajstić information content (AvgIpc) is 3.36. The van der Waals surface area contributed by atoms with Gasteiger partial charge in [0.1, 0.15) is 13.2 Å². The van der Waals surface area contributed by atoms with Crippen molar-refractivity contribution in [2.75, 3.05) is 40.9 Å². The van der Waals surface area contributed by atoms with E-state index in [0.29, 0.717) is 17.4 Å². The van der Waals surface area contributed by atoms with E-state index in [1.807, 2.05) is 27.2 Å². The molecule has 438 valence electrons. The molecule has 74 heavy (non-hydrogen) atoms. The number of hydrogen-bond acceptors (Lipinski definition) is 6. The van der Waals surface area contributed by atoms with E-state index in [1.54, 1.807) is 6.08 Å². The molecule has 0 aliphatic heterocycles. The molecule has 0 spiro atoms. The minimum atomic E-state index is -4.60. The van der Waals surface area contributed by atoms with Gasteiger partial charge in [0.25, 0.3) is 7.82 Å². The first-order chi connectivity index (χ1) is 36.0. The van der Waals surface area contributed by atoms with Crippen molar-refractivity contribution in [1.82, 2.24) is 5.32 Å². The molecule has 0 rings (SSSR count). The zero-order valence-electron chi connectivity index (χ0n) is 50.1. The zero-order valence-corrected chi connectivity index (χ0v) is 51.0. The van der Waals surface area contributed by atoms with Crippen molar-refractivity contribution in [2.24, 2.45) is 0 Å². The number of likely N-dealkylation sites (N-methyl/N-ethyl adjacent to an activating group) is 1. The number of aliphatic hydroxyl groups is 1. The van der Waals surface area contributed by atoms with Gasteiger partial charge in [-0.1, -0.05) is 301 Å². The van der Waals surface area contributed by atoms with Crippen LogP contribution in [0.15, 0.2) is 36.5 Å². The fourth-order valence-corrected chi connectivity index (χ4v) is 10.5. The molecule has 0 saturated carbocycles. The lowest BCUT2D eigenvalue weighted by Crippen LogP contribution is -2.45. The Bertz CT molecular complexity index is 1300. The first-order valence-electron chi connectivity index (χ1n) is 32.4. The van der Waals surface area contributed by atoms with Gasteiger partial charge in [-0.15, -0.1) is 0 Å². The van der Waals surface area contributed by atoms with Crippen LogP contribution < -0.4 is 10.2 Å². The van der Waals surface area contributed by atoms with Gasteiger partial charge in [-0.2, -0.15) is 0 Å². The number of amides is 1. The maximum atomic E-state index is 13.0. The van der Waals surface area contributed by atoms with Crippen molar-refractivity contribution in [3.05, 3.63) is 36.5 Å². The van der Waals surface area contributed by atoms with Gasteiger partial charge >= 0.3 is 0 Å². The first-order valence-corrected chi connectivity index (χ1v) is 33.8. The van der Waals surface area contributed by atoms with Gasteiger partial charge in [-0.05, 0) is 51.4 Å². The lowest BCUT2D eigenvalue weighted by molar-refractivity contribution is -0.870. The van der Waals surface area contributed by atoms with Crippen molar-refractivity contribution in [3.8, 4) is 0 Å². The average molecular weight is 1060 g/mol. The molecule has 1 amide bonds. The molecule has 9 heteroatoms. The van der Waals surface area contributed by atoms with Crippen molar-refractivity contribution in [3.63, 3.8) is 0 Å². The zero-order chi connectivity index (χ0) is 54.2. The minimum absolute atomic E-state index is 0.00119. The maximum absolute atomic E-state index is 13.0. The number of carbonyl (C=O) groups excluding carboxylic acids is 1. The molecule has 0 aliphatic carbocycles. The number of nitrogens with zero attached hydrogens (tertiary/aromatic N) is 1. The van der Waals surface area contributed by atoms with Crippen molar-refractivity contribution >= 4 is 13.7 Å². The van der Waals surface area contributed by atoms with Crippen molar-refractivity contribution < 1.29 is 32.9 Å². The molecule has 0 bridgehead atoms. The van der Waals surface area contributed by atoms with Gasteiger partial charge < -0.3 is 28.8 Å². The second-order valence-corrected chi connectivity index (χ2v) is 24.9. The number of aliphatic hydroxyl groups excluding tert-OH is 1. The lowest BCUT2D eigenvalue weighted by Gasteiger charge is -2.29. The summed E-state index contributed by atoms with van der Waals surface area (Å²) in [5.41, 5.74) is 0. The number of phosphoric ester groups is 1. The van der Waals surface area contributed by atoms with Crippen LogP contribution in [0.25, 0.3) is 0 Å². The highest BCUT2D eigenvalue weighted by atomic mass is 31.2. The Morgan fingerprint density at radius 1 is 0.473 bits per heavy atom. The summed E-state index contributed by atoms with van der Waals surface area (Å²) >= 11 is 0. The second-order valence-electron chi connectivity index (χ2n) is 23.5. The van der Waals surface area contributed by atoms with E-state index in [4.69, 9.17) is 9.05 Å². The fourth-order valence-electron chi connectivity index (χ4n) is 9.78. The number of unbranched alkanes of at least 4 members (excludes halogenated alkanes) is 43. The van der Waals surface area contributed by atoms with Crippen LogP contribution >= 0.6 is 7.82 Å². The molecule has 0 aromatic carbocycles. The fraction of sp³-hybridized carbons (Fsp3) is 0.892. The summed E-state index contributed by atoms with van der Waals surface area (Å²) in [6.07, 6.45) is 73.9. The molecule has 2 N–H and O–H groups in total. The Labute approximate surface area is 461 Å². The summed E-state index contributed by atoms with van der Waals surface area (Å²) in [6, 6.07) is -0.884. The molecule has 8 nitrogen and oxygen atoms in total. The molecule has 0 fully saturated rings. The van der Waals surface area contributed by atoms with Gasteiger partial charge in [-0.3, -0.25) is 9.36 Å². The quantitative estimate of drug-likeness (QED) is 0.0272. The molecule has 0 aromatic heterocycles. The Kier molecular flexibility index (Phi) is 55.5. The van der Waals surface area contributed by atoms with Crippen LogP contribution in [0.1, 0.15) is 322 Å². The van der Waals surface area contributed by atoms with E-state index in [2.05, 4.69) is 43.5 Å². The van der Waals surface area contributed by atoms with E-state index in [9.17, 15) is 19.4 Å². The van der Waals surface area contributed by atoms with Gasteiger partial charge in [0.2, 0.25) is 5.91 Å². The van der Waals surface area contributed by atoms with E-state index in [1.165, 1.54) is 257 Å². The van der Waals surface area contributed by atoms with Crippen LogP contribution in [0, 0.1) is 0 Å². The molecule has 0 aromatic rings. The number of allylic oxidation sites excluding steroid dienone is 5. The molecular formula is C65H127N2O6P. The van der Waals surface area contributed by atoms with Gasteiger partial charge in [0.15, 0.2) is 0 Å². The molecule has 0 heterocycles. The van der Waals surface area contributed by atoms with E-state index < -0.39 is 20.0 Å². The highest BCUT2D eigenvalue weighted by Gasteiger charge is 2.23. The number of nitrogens with one attached hydrogen (secondary N) is 1. The van der Waals surface area contributed by atoms with E-state index >= 15 is 0 Å². The predicted octanol–water partition coefficient (Wildman–Crippen LogP) is 19.5. The minimum Gasteiger partial charge on any atom is -0.756 e. The first kappa shape index (κ1) is 72.7. The number of quaternary nitrogens is 1. The summed E-state index contributed by atoms with van der Waals surface area (Å²) < 4.78 is 23.4. The molecule has 3 unspecified atom stereocenters. The topological polar surface area (TPSA) is 108 Å². The number of carbonyl (C=O) groups is 1. The third-order valence-corrected chi connectivity index (χ3v) is 15.8. The van der Waals surface area contributed by atoms with Crippen LogP contribution in [0.4, 0.5) is 0 Å². The van der Waals surface area contributed by atoms with Gasteiger partial charge in [0, 0.05) is 6.42 Å². The highest BCUT2D eigenvalue weighted by Crippen LogP contribution is 2.38. The van der Waals surface area contributed by atoms with Crippen LogP contribution in [-0.4, -0.2) is 68.5 Å². The van der Waals surface area contributed by atoms with Crippen molar-refractivity contribution in [1.29, 1.82) is 0 Å². The number of hydrogen-bond donors (Lipinski definition) is 2. The molecular weight excluding hydrogens is 936 g/mol. The Morgan fingerprint density at radius 3 is 1.12 bits per heavy atom. The Morgan fingerprint density at radius 2 is 0.784 bits per heavy atom. The summed E-state index contributed by atoms with van der Waals surface area (Å²) in [5.74, 6) is -0.191. The molecule has 0 radical (unpaired) electrons. The third kappa shape index (κ3) is 58.4. The van der Waals surface area contributed by atoms with E-state index in [-0.39, 0.29) is 19.1 Å². The van der Waals surface area contributed by atoms with Crippen LogP contribution in [0.3, 0.4) is 0 Å². The predicted molar refractivity (Wildman–Crippen MR) is 321 cm³/mol. The molecule has 3 atom stereocenters. The van der Waals surface area contributed by atoms with Crippen LogP contribution in [0.2, 0.25) is 0 Å². The van der Waals surface area contributed by atoms with Crippen LogP contribution in [-0.2, 0) is 18.4 Å². The molecule has 0 aliphatic rings. The summed E-state index contributed by atoms with van der Waals surface area (Å²) in [4.78, 5) is 25.5. The van der Waals surface area contributed by atoms with Crippen molar-refractivity contribution in [2.45, 2.75) is 334 Å². The maximum Gasteiger partial charge on any atom is 0.268 e. The SMILES string of the molecule is CCCCCCC/C=C\C/C=C\CCCCCCCCCCCCCCCCCCCCCCCCCC(=O)NC(COP(=O)([O-])OCC[N+](C)(C)C)C(O)/C=C/CCCCCCCCCCCCCCCCC. The third-order valence-electron chi connectivity index (χ3n) is 14.8. The van der Waals surface area contributed by atoms with Crippen LogP contribution in [0.5, 0.6) is 0 Å². The highest BCUT2D eigenvalue weighted by molar-refractivity contribution is 7.45.